The molecule has 0 rings (SSSR count). The topological polar surface area (TPSA) is 52.6 Å². The second-order valence-corrected chi connectivity index (χ2v) is 3.62. The van der Waals surface area contributed by atoms with E-state index in [1.165, 1.54) is 0 Å². The van der Waals surface area contributed by atoms with Crippen LogP contribution in [-0.4, -0.2) is 31.0 Å². The molecule has 0 bridgehead atoms. The second-order valence-electron chi connectivity index (χ2n) is 3.24. The van der Waals surface area contributed by atoms with Crippen molar-refractivity contribution in [3.8, 4) is 0 Å². The molecule has 5 heteroatoms. The van der Waals surface area contributed by atoms with E-state index in [1.54, 1.807) is 19.9 Å². The summed E-state index contributed by atoms with van der Waals surface area (Å²) in [5.74, 6) is -0.684. The van der Waals surface area contributed by atoms with Gasteiger partial charge >= 0.3 is 11.9 Å². The van der Waals surface area contributed by atoms with E-state index in [0.717, 1.165) is 12.8 Å². The highest BCUT2D eigenvalue weighted by Crippen LogP contribution is 2.07. The molecule has 0 saturated heterocycles. The summed E-state index contributed by atoms with van der Waals surface area (Å²) in [6.07, 6.45) is 3.84. The maximum Gasteiger partial charge on any atom is 0.345 e. The normalized spacial score (nSPS) is 9.59. The van der Waals surface area contributed by atoms with Crippen LogP contribution in [0.3, 0.4) is 0 Å². The molecule has 0 heterocycles. The van der Waals surface area contributed by atoms with Crippen LogP contribution < -0.4 is 0 Å². The molecule has 0 aromatic heterocycles. The van der Waals surface area contributed by atoms with Crippen LogP contribution in [0.2, 0.25) is 0 Å². The highest BCUT2D eigenvalue weighted by atomic mass is 35.5. The number of hydrogen-bond donors (Lipinski definition) is 0. The van der Waals surface area contributed by atoms with Crippen LogP contribution in [0, 0.1) is 0 Å². The number of hydrogen-bond acceptors (Lipinski definition) is 4. The van der Waals surface area contributed by atoms with Gasteiger partial charge in [-0.2, -0.15) is 0 Å². The molecule has 0 fully saturated rings. The second kappa shape index (κ2) is 10.1. The van der Waals surface area contributed by atoms with Gasteiger partial charge in [-0.3, -0.25) is 0 Å². The Morgan fingerprint density at radius 2 is 1.59 bits per heavy atom. The van der Waals surface area contributed by atoms with E-state index < -0.39 is 11.9 Å². The van der Waals surface area contributed by atoms with Crippen LogP contribution in [0.5, 0.6) is 0 Å². The number of rotatable bonds is 8. The Hall–Kier alpha value is -1.03. The largest absolute Gasteiger partial charge is 0.462 e. The first-order valence-electron chi connectivity index (χ1n) is 5.77. The van der Waals surface area contributed by atoms with Gasteiger partial charge in [-0.15, -0.1) is 11.6 Å². The number of unbranched alkanes of at least 4 members (excludes halogenated alkanes) is 2. The maximum absolute atomic E-state index is 11.5. The van der Waals surface area contributed by atoms with Crippen LogP contribution in [-0.2, 0) is 19.1 Å². The minimum absolute atomic E-state index is 0.0247. The van der Waals surface area contributed by atoms with Crippen LogP contribution >= 0.6 is 11.6 Å². The summed E-state index contributed by atoms with van der Waals surface area (Å²) >= 11 is 5.54. The average molecular weight is 263 g/mol. The van der Waals surface area contributed by atoms with Gasteiger partial charge in [-0.25, -0.2) is 9.59 Å². The van der Waals surface area contributed by atoms with Crippen molar-refractivity contribution >= 4 is 23.5 Å². The van der Waals surface area contributed by atoms with E-state index in [-0.39, 0.29) is 18.8 Å². The number of carbonyl (C=O) groups is 2. The van der Waals surface area contributed by atoms with Crippen LogP contribution in [0.1, 0.15) is 33.1 Å². The zero-order valence-electron chi connectivity index (χ0n) is 10.3. The summed E-state index contributed by atoms with van der Waals surface area (Å²) in [5, 5.41) is 0. The van der Waals surface area contributed by atoms with Gasteiger partial charge in [-0.1, -0.05) is 6.08 Å². The molecular formula is C12H19ClO4. The first kappa shape index (κ1) is 16.0. The Kier molecular flexibility index (Phi) is 9.53. The van der Waals surface area contributed by atoms with Gasteiger partial charge in [0.05, 0.1) is 13.2 Å². The average Bonchev–Trinajstić information content (AvgIpc) is 2.29. The lowest BCUT2D eigenvalue weighted by Gasteiger charge is -2.06. The molecule has 17 heavy (non-hydrogen) atoms. The van der Waals surface area contributed by atoms with Gasteiger partial charge in [0.15, 0.2) is 0 Å². The fourth-order valence-corrected chi connectivity index (χ4v) is 1.34. The van der Waals surface area contributed by atoms with Gasteiger partial charge < -0.3 is 9.47 Å². The molecule has 0 aliphatic rings. The monoisotopic (exact) mass is 262 g/mol. The van der Waals surface area contributed by atoms with Crippen molar-refractivity contribution in [2.24, 2.45) is 0 Å². The third-order valence-electron chi connectivity index (χ3n) is 1.93. The number of esters is 2. The molecule has 0 saturated carbocycles. The summed E-state index contributed by atoms with van der Waals surface area (Å²) in [6.45, 7) is 3.84. The zero-order valence-corrected chi connectivity index (χ0v) is 11.1. The lowest BCUT2D eigenvalue weighted by atomic mass is 10.1. The van der Waals surface area contributed by atoms with Gasteiger partial charge in [0.25, 0.3) is 0 Å². The molecule has 0 aromatic rings. The molecule has 0 aliphatic heterocycles. The third-order valence-corrected chi connectivity index (χ3v) is 2.19. The van der Waals surface area contributed by atoms with Gasteiger partial charge in [0.2, 0.25) is 0 Å². The van der Waals surface area contributed by atoms with E-state index in [2.05, 4.69) is 0 Å². The number of allylic oxidation sites excluding steroid dienone is 1. The van der Waals surface area contributed by atoms with E-state index in [1.807, 2.05) is 0 Å². The molecule has 0 amide bonds. The minimum Gasteiger partial charge on any atom is -0.462 e. The predicted octanol–water partition coefficient (Wildman–Crippen LogP) is 2.45. The Bertz CT molecular complexity index is 254. The Labute approximate surface area is 107 Å². The number of carbonyl (C=O) groups excluding carboxylic acids is 2. The lowest BCUT2D eigenvalue weighted by Crippen LogP contribution is -2.18. The Morgan fingerprint density at radius 3 is 2.00 bits per heavy atom. The molecule has 0 unspecified atom stereocenters. The van der Waals surface area contributed by atoms with E-state index >= 15 is 0 Å². The molecule has 0 aromatic carbocycles. The summed E-state index contributed by atoms with van der Waals surface area (Å²) in [6, 6.07) is 0. The lowest BCUT2D eigenvalue weighted by molar-refractivity contribution is -0.146. The van der Waals surface area contributed by atoms with Crippen molar-refractivity contribution < 1.29 is 19.1 Å². The van der Waals surface area contributed by atoms with E-state index in [0.29, 0.717) is 12.3 Å². The van der Waals surface area contributed by atoms with Crippen molar-refractivity contribution in [3.63, 3.8) is 0 Å². The summed E-state index contributed by atoms with van der Waals surface area (Å²) < 4.78 is 9.59. The first-order valence-corrected chi connectivity index (χ1v) is 6.31. The SMILES string of the molecule is CCOC(=O)C(=CCCCCCl)C(=O)OCC. The van der Waals surface area contributed by atoms with Crippen molar-refractivity contribution in [2.75, 3.05) is 19.1 Å². The third kappa shape index (κ3) is 7.00. The van der Waals surface area contributed by atoms with Crippen molar-refractivity contribution in [1.29, 1.82) is 0 Å². The first-order chi connectivity index (χ1) is 8.17. The zero-order chi connectivity index (χ0) is 13.1. The van der Waals surface area contributed by atoms with Crippen LogP contribution in [0.25, 0.3) is 0 Å². The summed E-state index contributed by atoms with van der Waals surface area (Å²) in [5.41, 5.74) is -0.0247. The molecule has 0 aliphatic carbocycles. The smallest absolute Gasteiger partial charge is 0.345 e. The fraction of sp³-hybridized carbons (Fsp3) is 0.667. The molecule has 0 N–H and O–H groups in total. The molecule has 4 nitrogen and oxygen atoms in total. The molecule has 0 spiro atoms. The van der Waals surface area contributed by atoms with Gasteiger partial charge in [-0.05, 0) is 33.1 Å². The predicted molar refractivity (Wildman–Crippen MR) is 65.9 cm³/mol. The maximum atomic E-state index is 11.5. The highest BCUT2D eigenvalue weighted by molar-refractivity contribution is 6.17. The molecule has 0 radical (unpaired) electrons. The quantitative estimate of drug-likeness (QED) is 0.168. The standard InChI is InChI=1S/C12H19ClO4/c1-3-16-11(14)10(12(15)17-4-2)8-6-5-7-9-13/h8H,3-7,9H2,1-2H3. The summed E-state index contributed by atoms with van der Waals surface area (Å²) in [4.78, 5) is 23.0. The van der Waals surface area contributed by atoms with Gasteiger partial charge in [0, 0.05) is 5.88 Å². The van der Waals surface area contributed by atoms with Crippen molar-refractivity contribution in [1.82, 2.24) is 0 Å². The Balaban J connectivity index is 4.48. The summed E-state index contributed by atoms with van der Waals surface area (Å²) in [7, 11) is 0. The Morgan fingerprint density at radius 1 is 1.06 bits per heavy atom. The molecular weight excluding hydrogens is 244 g/mol. The fourth-order valence-electron chi connectivity index (χ4n) is 1.15. The number of halogens is 1. The van der Waals surface area contributed by atoms with E-state index in [9.17, 15) is 9.59 Å². The van der Waals surface area contributed by atoms with Crippen LogP contribution in [0.15, 0.2) is 11.6 Å². The van der Waals surface area contributed by atoms with Gasteiger partial charge in [0.1, 0.15) is 5.57 Å². The minimum atomic E-state index is -0.628. The van der Waals surface area contributed by atoms with Crippen molar-refractivity contribution in [2.45, 2.75) is 33.1 Å². The number of ether oxygens (including phenoxy) is 2. The molecule has 98 valence electrons. The van der Waals surface area contributed by atoms with E-state index in [4.69, 9.17) is 21.1 Å². The number of alkyl halides is 1. The highest BCUT2D eigenvalue weighted by Gasteiger charge is 2.20. The molecule has 0 atom stereocenters. The van der Waals surface area contributed by atoms with Crippen LogP contribution in [0.4, 0.5) is 0 Å². The van der Waals surface area contributed by atoms with Crippen molar-refractivity contribution in [3.05, 3.63) is 11.6 Å².